The summed E-state index contributed by atoms with van der Waals surface area (Å²) < 4.78 is 0. The number of piperidine rings is 2. The van der Waals surface area contributed by atoms with Crippen molar-refractivity contribution >= 4 is 17.7 Å². The third kappa shape index (κ3) is 4.25. The van der Waals surface area contributed by atoms with Crippen LogP contribution in [-0.4, -0.2) is 51.8 Å². The Hall–Kier alpha value is -3.54. The highest BCUT2D eigenvalue weighted by Crippen LogP contribution is 2.48. The van der Waals surface area contributed by atoms with Crippen molar-refractivity contribution in [2.24, 2.45) is 5.41 Å². The standard InChI is InChI=1S/C31H34N4O4/c1-29(2)19-34(16-20-3-5-22(6-4-20)30(18-32)11-12-30)14-13-31(29,39)23-7-8-24-21(15-23)17-35(28(24)38)25-9-10-26(36)33-27(25)37/h3-8,15,25,39H,9-14,16-17,19H2,1-2H3,(H,33,36,37)/t25-,31-/m0/s1. The van der Waals surface area contributed by atoms with Gasteiger partial charge in [0.15, 0.2) is 0 Å². The van der Waals surface area contributed by atoms with Crippen molar-refractivity contribution < 1.29 is 19.5 Å². The van der Waals surface area contributed by atoms with Gasteiger partial charge < -0.3 is 10.0 Å². The molecule has 3 aliphatic heterocycles. The van der Waals surface area contributed by atoms with Crippen LogP contribution < -0.4 is 5.32 Å². The number of nitriles is 1. The number of nitrogens with zero attached hydrogens (tertiary/aromatic N) is 3. The summed E-state index contributed by atoms with van der Waals surface area (Å²) in [4.78, 5) is 41.0. The molecule has 202 valence electrons. The number of benzene rings is 2. The van der Waals surface area contributed by atoms with Crippen LogP contribution in [0.5, 0.6) is 0 Å². The molecule has 2 atom stereocenters. The fourth-order valence-corrected chi connectivity index (χ4v) is 6.71. The third-order valence-electron chi connectivity index (χ3n) is 9.41. The number of amides is 3. The predicted molar refractivity (Wildman–Crippen MR) is 143 cm³/mol. The molecule has 0 aromatic heterocycles. The molecule has 3 heterocycles. The Morgan fingerprint density at radius 1 is 1.05 bits per heavy atom. The highest BCUT2D eigenvalue weighted by Gasteiger charge is 2.50. The molecule has 0 spiro atoms. The minimum atomic E-state index is -1.07. The Morgan fingerprint density at radius 2 is 1.77 bits per heavy atom. The summed E-state index contributed by atoms with van der Waals surface area (Å²) in [7, 11) is 0. The summed E-state index contributed by atoms with van der Waals surface area (Å²) >= 11 is 0. The van der Waals surface area contributed by atoms with Crippen LogP contribution in [0, 0.1) is 16.7 Å². The van der Waals surface area contributed by atoms with E-state index in [-0.39, 0.29) is 23.7 Å². The number of rotatable bonds is 5. The molecule has 2 N–H and O–H groups in total. The van der Waals surface area contributed by atoms with E-state index in [0.29, 0.717) is 31.5 Å². The molecule has 39 heavy (non-hydrogen) atoms. The van der Waals surface area contributed by atoms with E-state index in [1.165, 1.54) is 5.56 Å². The van der Waals surface area contributed by atoms with Crippen LogP contribution in [0.1, 0.15) is 78.6 Å². The first kappa shape index (κ1) is 25.7. The van der Waals surface area contributed by atoms with E-state index in [2.05, 4.69) is 54.4 Å². The number of aliphatic hydroxyl groups is 1. The molecule has 2 aromatic rings. The van der Waals surface area contributed by atoms with Crippen LogP contribution in [0.3, 0.4) is 0 Å². The normalized spacial score (nSPS) is 27.6. The summed E-state index contributed by atoms with van der Waals surface area (Å²) in [6.07, 6.45) is 2.98. The Balaban J connectivity index is 1.16. The molecule has 2 saturated heterocycles. The fraction of sp³-hybridized carbons (Fsp3) is 0.484. The van der Waals surface area contributed by atoms with E-state index in [9.17, 15) is 24.8 Å². The number of imide groups is 1. The van der Waals surface area contributed by atoms with Gasteiger partial charge in [-0.05, 0) is 54.0 Å². The van der Waals surface area contributed by atoms with Crippen molar-refractivity contribution in [1.29, 1.82) is 5.26 Å². The van der Waals surface area contributed by atoms with E-state index in [1.807, 2.05) is 12.1 Å². The fourth-order valence-electron chi connectivity index (χ4n) is 6.71. The number of carbonyl (C=O) groups is 3. The minimum absolute atomic E-state index is 0.208. The molecule has 8 heteroatoms. The minimum Gasteiger partial charge on any atom is -0.385 e. The summed E-state index contributed by atoms with van der Waals surface area (Å²) in [5, 5.41) is 23.8. The summed E-state index contributed by atoms with van der Waals surface area (Å²) in [5.41, 5.74) is 2.64. The van der Waals surface area contributed by atoms with Gasteiger partial charge in [0.1, 0.15) is 6.04 Å². The van der Waals surface area contributed by atoms with E-state index < -0.39 is 23.0 Å². The van der Waals surface area contributed by atoms with E-state index in [0.717, 1.165) is 42.6 Å². The molecule has 3 fully saturated rings. The first-order chi connectivity index (χ1) is 18.5. The molecule has 1 saturated carbocycles. The van der Waals surface area contributed by atoms with E-state index in [4.69, 9.17) is 0 Å². The molecule has 2 aromatic carbocycles. The van der Waals surface area contributed by atoms with Gasteiger partial charge in [-0.1, -0.05) is 50.2 Å². The van der Waals surface area contributed by atoms with Gasteiger partial charge in [0.2, 0.25) is 11.8 Å². The van der Waals surface area contributed by atoms with Gasteiger partial charge in [-0.2, -0.15) is 5.26 Å². The Morgan fingerprint density at radius 3 is 2.41 bits per heavy atom. The molecular weight excluding hydrogens is 492 g/mol. The zero-order chi connectivity index (χ0) is 27.6. The Kier molecular flexibility index (Phi) is 5.94. The third-order valence-corrected chi connectivity index (χ3v) is 9.41. The van der Waals surface area contributed by atoms with Gasteiger partial charge in [0.25, 0.3) is 5.91 Å². The summed E-state index contributed by atoms with van der Waals surface area (Å²) in [5.74, 6) is -0.937. The zero-order valence-electron chi connectivity index (χ0n) is 22.5. The Bertz CT molecular complexity index is 1400. The second-order valence-corrected chi connectivity index (χ2v) is 12.4. The monoisotopic (exact) mass is 526 g/mol. The molecule has 4 aliphatic rings. The van der Waals surface area contributed by atoms with Crippen LogP contribution in [0.2, 0.25) is 0 Å². The molecule has 6 rings (SSSR count). The number of hydrogen-bond acceptors (Lipinski definition) is 6. The van der Waals surface area contributed by atoms with Gasteiger partial charge in [0, 0.05) is 43.6 Å². The average Bonchev–Trinajstić information content (AvgIpc) is 3.64. The lowest BCUT2D eigenvalue weighted by Gasteiger charge is -2.50. The predicted octanol–water partition coefficient (Wildman–Crippen LogP) is 3.12. The topological polar surface area (TPSA) is 114 Å². The maximum absolute atomic E-state index is 13.1. The van der Waals surface area contributed by atoms with Crippen molar-refractivity contribution in [2.75, 3.05) is 13.1 Å². The maximum atomic E-state index is 13.1. The molecule has 8 nitrogen and oxygen atoms in total. The van der Waals surface area contributed by atoms with Crippen LogP contribution in [0.4, 0.5) is 0 Å². The van der Waals surface area contributed by atoms with Gasteiger partial charge in [0.05, 0.1) is 17.1 Å². The van der Waals surface area contributed by atoms with Gasteiger partial charge in [-0.3, -0.25) is 24.6 Å². The van der Waals surface area contributed by atoms with Crippen molar-refractivity contribution in [2.45, 2.75) is 76.1 Å². The van der Waals surface area contributed by atoms with Gasteiger partial charge in [-0.15, -0.1) is 0 Å². The smallest absolute Gasteiger partial charge is 0.255 e. The highest BCUT2D eigenvalue weighted by molar-refractivity contribution is 6.05. The van der Waals surface area contributed by atoms with Crippen LogP contribution in [0.15, 0.2) is 42.5 Å². The first-order valence-corrected chi connectivity index (χ1v) is 13.8. The van der Waals surface area contributed by atoms with Crippen LogP contribution in [-0.2, 0) is 33.7 Å². The first-order valence-electron chi connectivity index (χ1n) is 13.8. The quantitative estimate of drug-likeness (QED) is 0.579. The molecule has 0 unspecified atom stereocenters. The van der Waals surface area contributed by atoms with Crippen molar-refractivity contribution in [3.05, 3.63) is 70.3 Å². The van der Waals surface area contributed by atoms with Crippen molar-refractivity contribution in [1.82, 2.24) is 15.1 Å². The summed E-state index contributed by atoms with van der Waals surface area (Å²) in [6, 6.07) is 15.8. The SMILES string of the molecule is CC1(C)CN(Cc2ccc(C3(C#N)CC3)cc2)CC[C@]1(O)c1ccc2c(c1)CN([C@H]1CCC(=O)NC1=O)C2=O. The molecule has 3 amide bonds. The van der Waals surface area contributed by atoms with Gasteiger partial charge in [-0.25, -0.2) is 0 Å². The van der Waals surface area contributed by atoms with E-state index in [1.54, 1.807) is 11.0 Å². The van der Waals surface area contributed by atoms with Crippen LogP contribution in [0.25, 0.3) is 0 Å². The second kappa shape index (κ2) is 9.00. The van der Waals surface area contributed by atoms with Gasteiger partial charge >= 0.3 is 0 Å². The highest BCUT2D eigenvalue weighted by atomic mass is 16.3. The lowest BCUT2D eigenvalue weighted by atomic mass is 9.66. The lowest BCUT2D eigenvalue weighted by Crippen LogP contribution is -2.55. The maximum Gasteiger partial charge on any atom is 0.255 e. The van der Waals surface area contributed by atoms with Crippen molar-refractivity contribution in [3.8, 4) is 6.07 Å². The number of fused-ring (bicyclic) bond motifs is 1. The van der Waals surface area contributed by atoms with E-state index >= 15 is 0 Å². The molecular formula is C31H34N4O4. The average molecular weight is 527 g/mol. The lowest BCUT2D eigenvalue weighted by molar-refractivity contribution is -0.136. The number of nitrogens with one attached hydrogen (secondary N) is 1. The van der Waals surface area contributed by atoms with Crippen LogP contribution >= 0.6 is 0 Å². The number of carbonyl (C=O) groups excluding carboxylic acids is 3. The van der Waals surface area contributed by atoms with Crippen molar-refractivity contribution in [3.63, 3.8) is 0 Å². The zero-order valence-corrected chi connectivity index (χ0v) is 22.5. The molecule has 1 aliphatic carbocycles. The Labute approximate surface area is 228 Å². The molecule has 0 bridgehead atoms. The number of likely N-dealkylation sites (tertiary alicyclic amines) is 1. The second-order valence-electron chi connectivity index (χ2n) is 12.4. The number of hydrogen-bond donors (Lipinski definition) is 2. The molecule has 0 radical (unpaired) electrons. The largest absolute Gasteiger partial charge is 0.385 e. The summed E-state index contributed by atoms with van der Waals surface area (Å²) in [6.45, 7) is 6.66.